The van der Waals surface area contributed by atoms with Gasteiger partial charge in [-0.2, -0.15) is 0 Å². The number of fused-ring (bicyclic) bond motifs is 2. The summed E-state index contributed by atoms with van der Waals surface area (Å²) in [6.07, 6.45) is 8.53. The molecule has 3 aromatic rings. The Hall–Kier alpha value is -3.49. The molecule has 0 bridgehead atoms. The minimum Gasteiger partial charge on any atom is -0.481 e. The van der Waals surface area contributed by atoms with Crippen molar-refractivity contribution in [2.45, 2.75) is 51.0 Å². The Morgan fingerprint density at radius 2 is 2.18 bits per heavy atom. The second kappa shape index (κ2) is 9.17. The van der Waals surface area contributed by atoms with E-state index in [2.05, 4.69) is 32.4 Å². The maximum absolute atomic E-state index is 13.2. The van der Waals surface area contributed by atoms with Crippen molar-refractivity contribution in [1.82, 2.24) is 24.8 Å². The number of carboxylic acid groups (broad SMARTS) is 1. The van der Waals surface area contributed by atoms with Crippen molar-refractivity contribution in [3.63, 3.8) is 0 Å². The van der Waals surface area contributed by atoms with Crippen LogP contribution >= 0.6 is 0 Å². The lowest BCUT2D eigenvalue weighted by Gasteiger charge is -2.25. The van der Waals surface area contributed by atoms with Gasteiger partial charge in [0.05, 0.1) is 23.7 Å². The molecule has 0 spiro atoms. The summed E-state index contributed by atoms with van der Waals surface area (Å²) in [5, 5.41) is 12.8. The van der Waals surface area contributed by atoms with E-state index in [0.717, 1.165) is 62.1 Å². The van der Waals surface area contributed by atoms with Gasteiger partial charge in [-0.1, -0.05) is 6.07 Å². The van der Waals surface area contributed by atoms with Crippen LogP contribution in [-0.4, -0.2) is 54.9 Å². The van der Waals surface area contributed by atoms with Gasteiger partial charge in [-0.3, -0.25) is 14.6 Å². The molecule has 2 atom stereocenters. The number of carboxylic acids is 1. The number of amides is 1. The van der Waals surface area contributed by atoms with Crippen molar-refractivity contribution in [2.24, 2.45) is 5.92 Å². The molecule has 0 aliphatic carbocycles. The summed E-state index contributed by atoms with van der Waals surface area (Å²) in [6.45, 7) is 1.51. The first-order valence-corrected chi connectivity index (χ1v) is 11.6. The number of aliphatic carboxylic acids is 1. The Morgan fingerprint density at radius 3 is 3.03 bits per heavy atom. The fourth-order valence-electron chi connectivity index (χ4n) is 4.93. The summed E-state index contributed by atoms with van der Waals surface area (Å²) < 4.78 is 0. The number of carbonyl (C=O) groups excluding carboxylic acids is 1. The third-order valence-electron chi connectivity index (χ3n) is 6.65. The van der Waals surface area contributed by atoms with E-state index in [1.54, 1.807) is 23.4 Å². The molecule has 172 valence electrons. The van der Waals surface area contributed by atoms with Crippen LogP contribution in [0.4, 0.5) is 5.82 Å². The maximum atomic E-state index is 13.2. The summed E-state index contributed by atoms with van der Waals surface area (Å²) in [5.74, 6) is 0.462. The van der Waals surface area contributed by atoms with Gasteiger partial charge in [-0.25, -0.2) is 9.97 Å². The monoisotopic (exact) mass is 448 g/mol. The molecule has 9 heteroatoms. The van der Waals surface area contributed by atoms with Gasteiger partial charge >= 0.3 is 5.97 Å². The SMILES string of the molecule is O=C(O)CC(c1nc2ccncc2[nH]1)N1CCC(CCCc2ccc3c(n2)NCCC3)C1=O. The minimum atomic E-state index is -0.957. The number of hydrogen-bond acceptors (Lipinski definition) is 6. The highest BCUT2D eigenvalue weighted by Gasteiger charge is 2.38. The Balaban J connectivity index is 1.23. The molecule has 0 saturated carbocycles. The van der Waals surface area contributed by atoms with Gasteiger partial charge in [-0.05, 0) is 56.2 Å². The highest BCUT2D eigenvalue weighted by Crippen LogP contribution is 2.33. The first-order chi connectivity index (χ1) is 16.1. The lowest BCUT2D eigenvalue weighted by atomic mass is 9.99. The molecule has 5 rings (SSSR count). The number of nitrogens with zero attached hydrogens (tertiary/aromatic N) is 4. The number of rotatable bonds is 8. The van der Waals surface area contributed by atoms with Gasteiger partial charge in [0.25, 0.3) is 0 Å². The van der Waals surface area contributed by atoms with E-state index < -0.39 is 12.0 Å². The Labute approximate surface area is 191 Å². The van der Waals surface area contributed by atoms with Crippen molar-refractivity contribution >= 4 is 28.7 Å². The van der Waals surface area contributed by atoms with Crippen LogP contribution in [0.25, 0.3) is 11.0 Å². The fourth-order valence-corrected chi connectivity index (χ4v) is 4.93. The van der Waals surface area contributed by atoms with Gasteiger partial charge in [0.1, 0.15) is 17.7 Å². The van der Waals surface area contributed by atoms with Crippen molar-refractivity contribution in [1.29, 1.82) is 0 Å². The van der Waals surface area contributed by atoms with Crippen LogP contribution in [-0.2, 0) is 22.4 Å². The zero-order valence-electron chi connectivity index (χ0n) is 18.5. The maximum Gasteiger partial charge on any atom is 0.305 e. The van der Waals surface area contributed by atoms with Gasteiger partial charge in [-0.15, -0.1) is 0 Å². The van der Waals surface area contributed by atoms with Crippen molar-refractivity contribution < 1.29 is 14.7 Å². The topological polar surface area (TPSA) is 124 Å². The summed E-state index contributed by atoms with van der Waals surface area (Å²) >= 11 is 0. The third-order valence-corrected chi connectivity index (χ3v) is 6.65. The number of H-pyrrole nitrogens is 1. The lowest BCUT2D eigenvalue weighted by Crippen LogP contribution is -2.34. The van der Waals surface area contributed by atoms with Gasteiger partial charge in [0, 0.05) is 30.9 Å². The summed E-state index contributed by atoms with van der Waals surface area (Å²) in [5.41, 5.74) is 3.77. The standard InChI is InChI=1S/C24H28N6O3/c31-21(32)13-20(23-28-18-8-11-25-14-19(18)29-23)30-12-9-16(24(30)33)3-1-5-17-7-6-15-4-2-10-26-22(15)27-17/h6-8,11,14,16,20H,1-5,9-10,12-13H2,(H,26,27)(H,28,29)(H,31,32). The largest absolute Gasteiger partial charge is 0.481 e. The smallest absolute Gasteiger partial charge is 0.305 e. The van der Waals surface area contributed by atoms with E-state index in [-0.39, 0.29) is 18.2 Å². The second-order valence-electron chi connectivity index (χ2n) is 8.88. The molecule has 3 aromatic heterocycles. The summed E-state index contributed by atoms with van der Waals surface area (Å²) in [7, 11) is 0. The Kier molecular flexibility index (Phi) is 5.93. The van der Waals surface area contributed by atoms with Crippen molar-refractivity contribution in [3.8, 4) is 0 Å². The molecular formula is C24H28N6O3. The fraction of sp³-hybridized carbons (Fsp3) is 0.458. The summed E-state index contributed by atoms with van der Waals surface area (Å²) in [6, 6.07) is 5.41. The predicted octanol–water partition coefficient (Wildman–Crippen LogP) is 3.10. The van der Waals surface area contributed by atoms with Gasteiger partial charge in [0.15, 0.2) is 0 Å². The number of aromatic amines is 1. The van der Waals surface area contributed by atoms with E-state index >= 15 is 0 Å². The number of pyridine rings is 2. The van der Waals surface area contributed by atoms with E-state index in [0.29, 0.717) is 17.9 Å². The van der Waals surface area contributed by atoms with Crippen molar-refractivity contribution in [2.75, 3.05) is 18.4 Å². The van der Waals surface area contributed by atoms with Crippen LogP contribution in [0.15, 0.2) is 30.6 Å². The molecule has 0 radical (unpaired) electrons. The first-order valence-electron chi connectivity index (χ1n) is 11.6. The van der Waals surface area contributed by atoms with Crippen LogP contribution < -0.4 is 5.32 Å². The van der Waals surface area contributed by atoms with Crippen LogP contribution in [0, 0.1) is 5.92 Å². The number of hydrogen-bond donors (Lipinski definition) is 3. The van der Waals surface area contributed by atoms with E-state index in [4.69, 9.17) is 4.98 Å². The number of carbonyl (C=O) groups is 2. The predicted molar refractivity (Wildman–Crippen MR) is 123 cm³/mol. The molecule has 3 N–H and O–H groups in total. The third kappa shape index (κ3) is 4.53. The number of aryl methyl sites for hydroxylation is 2. The highest BCUT2D eigenvalue weighted by atomic mass is 16.4. The van der Waals surface area contributed by atoms with Crippen LogP contribution in [0.5, 0.6) is 0 Å². The van der Waals surface area contributed by atoms with Gasteiger partial charge < -0.3 is 20.3 Å². The molecule has 2 aliphatic rings. The number of imidazole rings is 1. The molecule has 0 aromatic carbocycles. The zero-order chi connectivity index (χ0) is 22.8. The molecule has 1 saturated heterocycles. The molecule has 5 heterocycles. The van der Waals surface area contributed by atoms with Gasteiger partial charge in [0.2, 0.25) is 5.91 Å². The average Bonchev–Trinajstić information content (AvgIpc) is 3.41. The number of likely N-dealkylation sites (tertiary alicyclic amines) is 1. The number of aromatic nitrogens is 4. The van der Waals surface area contributed by atoms with Crippen LogP contribution in [0.2, 0.25) is 0 Å². The van der Waals surface area contributed by atoms with E-state index in [1.807, 2.05) is 0 Å². The second-order valence-corrected chi connectivity index (χ2v) is 8.88. The molecule has 2 unspecified atom stereocenters. The normalized spacial score (nSPS) is 18.8. The van der Waals surface area contributed by atoms with Crippen molar-refractivity contribution in [3.05, 3.63) is 47.7 Å². The van der Waals surface area contributed by atoms with E-state index in [1.165, 1.54) is 5.56 Å². The Bertz CT molecular complexity index is 1140. The molecule has 2 aliphatic heterocycles. The molecule has 1 fully saturated rings. The van der Waals surface area contributed by atoms with Crippen LogP contribution in [0.3, 0.4) is 0 Å². The summed E-state index contributed by atoms with van der Waals surface area (Å²) in [4.78, 5) is 43.0. The lowest BCUT2D eigenvalue weighted by molar-refractivity contribution is -0.140. The zero-order valence-corrected chi connectivity index (χ0v) is 18.5. The quantitative estimate of drug-likeness (QED) is 0.484. The average molecular weight is 449 g/mol. The molecule has 1 amide bonds. The van der Waals surface area contributed by atoms with Crippen LogP contribution in [0.1, 0.15) is 55.2 Å². The molecule has 33 heavy (non-hydrogen) atoms. The van der Waals surface area contributed by atoms with E-state index in [9.17, 15) is 14.7 Å². The number of nitrogens with one attached hydrogen (secondary N) is 2. The molecule has 9 nitrogen and oxygen atoms in total. The highest BCUT2D eigenvalue weighted by molar-refractivity contribution is 5.82. The number of anilines is 1. The first kappa shape index (κ1) is 21.4. The Morgan fingerprint density at radius 1 is 1.27 bits per heavy atom. The molecular weight excluding hydrogens is 420 g/mol. The minimum absolute atomic E-state index is 0.0138.